The summed E-state index contributed by atoms with van der Waals surface area (Å²) < 4.78 is 44.6. The highest BCUT2D eigenvalue weighted by molar-refractivity contribution is 9.10. The predicted octanol–water partition coefficient (Wildman–Crippen LogP) is 2.36. The van der Waals surface area contributed by atoms with E-state index in [1.807, 2.05) is 0 Å². The molecule has 0 fully saturated rings. The van der Waals surface area contributed by atoms with Gasteiger partial charge in [0.1, 0.15) is 11.6 Å². The largest absolute Gasteiger partial charge is 0.445 e. The van der Waals surface area contributed by atoms with Gasteiger partial charge >= 0.3 is 0 Å². The lowest BCUT2D eigenvalue weighted by atomic mass is 10.3. The molecule has 102 valence electrons. The minimum Gasteiger partial charge on any atom is -0.445 e. The molecule has 0 bridgehead atoms. The van der Waals surface area contributed by atoms with Crippen molar-refractivity contribution >= 4 is 26.0 Å². The third-order valence-corrected chi connectivity index (χ3v) is 4.64. The molecule has 0 aliphatic carbocycles. The molecule has 1 aromatic carbocycles. The number of aromatic nitrogens is 1. The van der Waals surface area contributed by atoms with Gasteiger partial charge in [0.05, 0.1) is 17.6 Å². The van der Waals surface area contributed by atoms with Crippen LogP contribution in [-0.2, 0) is 16.6 Å². The van der Waals surface area contributed by atoms with Gasteiger partial charge in [-0.1, -0.05) is 0 Å². The van der Waals surface area contributed by atoms with Gasteiger partial charge in [0.2, 0.25) is 15.9 Å². The summed E-state index contributed by atoms with van der Waals surface area (Å²) in [6.07, 6.45) is 1.50. The molecule has 2 aromatic rings. The highest BCUT2D eigenvalue weighted by atomic mass is 79.9. The highest BCUT2D eigenvalue weighted by Gasteiger charge is 2.18. The zero-order chi connectivity index (χ0) is 14.0. The molecule has 0 aliphatic rings. The number of aryl methyl sites for hydroxylation is 1. The van der Waals surface area contributed by atoms with Gasteiger partial charge in [-0.3, -0.25) is 0 Å². The predicted molar refractivity (Wildman–Crippen MR) is 69.4 cm³/mol. The SMILES string of the molecule is Cc1cnc(CNS(=O)(=O)c2ccc(F)cc2Br)o1. The first-order valence-corrected chi connectivity index (χ1v) is 7.52. The highest BCUT2D eigenvalue weighted by Crippen LogP contribution is 2.22. The van der Waals surface area contributed by atoms with Crippen molar-refractivity contribution in [1.82, 2.24) is 9.71 Å². The maximum Gasteiger partial charge on any atom is 0.242 e. The van der Waals surface area contributed by atoms with Crippen LogP contribution in [0.2, 0.25) is 0 Å². The number of nitrogens with one attached hydrogen (secondary N) is 1. The number of rotatable bonds is 4. The van der Waals surface area contributed by atoms with Crippen molar-refractivity contribution in [3.8, 4) is 0 Å². The average Bonchev–Trinajstić information content (AvgIpc) is 2.72. The molecule has 1 N–H and O–H groups in total. The lowest BCUT2D eigenvalue weighted by Crippen LogP contribution is -2.23. The molecule has 0 radical (unpaired) electrons. The van der Waals surface area contributed by atoms with Gasteiger partial charge in [0, 0.05) is 4.47 Å². The van der Waals surface area contributed by atoms with Crippen molar-refractivity contribution in [3.05, 3.63) is 46.3 Å². The van der Waals surface area contributed by atoms with Crippen molar-refractivity contribution in [2.24, 2.45) is 0 Å². The van der Waals surface area contributed by atoms with Crippen LogP contribution in [0.25, 0.3) is 0 Å². The zero-order valence-electron chi connectivity index (χ0n) is 9.85. The van der Waals surface area contributed by atoms with Crippen LogP contribution in [0, 0.1) is 12.7 Å². The van der Waals surface area contributed by atoms with E-state index in [-0.39, 0.29) is 21.8 Å². The first-order chi connectivity index (χ1) is 8.88. The summed E-state index contributed by atoms with van der Waals surface area (Å²) in [5, 5.41) is 0. The van der Waals surface area contributed by atoms with E-state index in [0.717, 1.165) is 12.1 Å². The first kappa shape index (κ1) is 14.2. The van der Waals surface area contributed by atoms with Crippen molar-refractivity contribution in [1.29, 1.82) is 0 Å². The Kier molecular flexibility index (Phi) is 4.02. The van der Waals surface area contributed by atoms with Crippen LogP contribution in [0.3, 0.4) is 0 Å². The molecule has 0 spiro atoms. The molecular weight excluding hydrogens is 339 g/mol. The molecule has 0 saturated carbocycles. The molecule has 0 aliphatic heterocycles. The number of benzene rings is 1. The fourth-order valence-electron chi connectivity index (χ4n) is 1.41. The molecular formula is C11H10BrFN2O3S. The van der Waals surface area contributed by atoms with Crippen LogP contribution < -0.4 is 4.72 Å². The van der Waals surface area contributed by atoms with Crippen molar-refractivity contribution < 1.29 is 17.2 Å². The smallest absolute Gasteiger partial charge is 0.242 e. The number of halogens is 2. The second-order valence-electron chi connectivity index (χ2n) is 3.76. The Labute approximate surface area is 118 Å². The van der Waals surface area contributed by atoms with Gasteiger partial charge in [-0.2, -0.15) is 0 Å². The average molecular weight is 349 g/mol. The summed E-state index contributed by atoms with van der Waals surface area (Å²) in [7, 11) is -3.76. The molecule has 5 nitrogen and oxygen atoms in total. The Morgan fingerprint density at radius 3 is 2.79 bits per heavy atom. The second-order valence-corrected chi connectivity index (χ2v) is 6.35. The van der Waals surface area contributed by atoms with Crippen molar-refractivity contribution in [3.63, 3.8) is 0 Å². The summed E-state index contributed by atoms with van der Waals surface area (Å²) in [6, 6.07) is 3.35. The van der Waals surface area contributed by atoms with Crippen molar-refractivity contribution in [2.75, 3.05) is 0 Å². The summed E-state index contributed by atoms with van der Waals surface area (Å²) in [5.74, 6) is 0.339. The number of sulfonamides is 1. The fourth-order valence-corrected chi connectivity index (χ4v) is 3.43. The van der Waals surface area contributed by atoms with Crippen LogP contribution in [-0.4, -0.2) is 13.4 Å². The Morgan fingerprint density at radius 2 is 2.21 bits per heavy atom. The van der Waals surface area contributed by atoms with Gasteiger partial charge < -0.3 is 4.42 Å². The van der Waals surface area contributed by atoms with Gasteiger partial charge in [-0.15, -0.1) is 0 Å². The summed E-state index contributed by atoms with van der Waals surface area (Å²) in [5.41, 5.74) is 0. The third kappa shape index (κ3) is 3.40. The number of hydrogen-bond acceptors (Lipinski definition) is 4. The Morgan fingerprint density at radius 1 is 1.47 bits per heavy atom. The molecule has 1 aromatic heterocycles. The molecule has 0 amide bonds. The van der Waals surface area contributed by atoms with E-state index in [9.17, 15) is 12.8 Å². The van der Waals surface area contributed by atoms with E-state index in [4.69, 9.17) is 4.42 Å². The number of nitrogens with zero attached hydrogens (tertiary/aromatic N) is 1. The monoisotopic (exact) mass is 348 g/mol. The van der Waals surface area contributed by atoms with Crippen molar-refractivity contribution in [2.45, 2.75) is 18.4 Å². The lowest BCUT2D eigenvalue weighted by molar-refractivity contribution is 0.463. The third-order valence-electron chi connectivity index (χ3n) is 2.27. The van der Waals surface area contributed by atoms with E-state index < -0.39 is 15.8 Å². The van der Waals surface area contributed by atoms with Crippen LogP contribution in [0.15, 0.2) is 38.2 Å². The number of oxazole rings is 1. The van der Waals surface area contributed by atoms with Crippen LogP contribution in [0.4, 0.5) is 4.39 Å². The molecule has 0 unspecified atom stereocenters. The van der Waals surface area contributed by atoms with E-state index in [1.54, 1.807) is 6.92 Å². The van der Waals surface area contributed by atoms with Crippen LogP contribution >= 0.6 is 15.9 Å². The van der Waals surface area contributed by atoms with Gasteiger partial charge in [-0.05, 0) is 41.1 Å². The van der Waals surface area contributed by atoms with E-state index in [0.29, 0.717) is 5.76 Å². The van der Waals surface area contributed by atoms with E-state index in [1.165, 1.54) is 12.3 Å². The quantitative estimate of drug-likeness (QED) is 0.920. The molecule has 1 heterocycles. The Balaban J connectivity index is 2.18. The fraction of sp³-hybridized carbons (Fsp3) is 0.182. The van der Waals surface area contributed by atoms with Gasteiger partial charge in [0.25, 0.3) is 0 Å². The maximum atomic E-state index is 12.9. The molecule has 19 heavy (non-hydrogen) atoms. The molecule has 0 atom stereocenters. The minimum atomic E-state index is -3.76. The Bertz CT molecular complexity index is 700. The molecule has 0 saturated heterocycles. The topological polar surface area (TPSA) is 72.2 Å². The van der Waals surface area contributed by atoms with E-state index >= 15 is 0 Å². The molecule has 8 heteroatoms. The lowest BCUT2D eigenvalue weighted by Gasteiger charge is -2.07. The standard InChI is InChI=1S/C11H10BrFN2O3S/c1-7-5-14-11(18-7)6-15-19(16,17)10-3-2-8(13)4-9(10)12/h2-5,15H,6H2,1H3. The van der Waals surface area contributed by atoms with Crippen LogP contribution in [0.5, 0.6) is 0 Å². The van der Waals surface area contributed by atoms with E-state index in [2.05, 4.69) is 25.6 Å². The first-order valence-electron chi connectivity index (χ1n) is 5.24. The summed E-state index contributed by atoms with van der Waals surface area (Å²) in [4.78, 5) is 3.84. The second kappa shape index (κ2) is 5.40. The minimum absolute atomic E-state index is 0.0443. The van der Waals surface area contributed by atoms with Crippen LogP contribution in [0.1, 0.15) is 11.7 Å². The zero-order valence-corrected chi connectivity index (χ0v) is 12.3. The number of hydrogen-bond donors (Lipinski definition) is 1. The molecule has 2 rings (SSSR count). The van der Waals surface area contributed by atoms with Gasteiger partial charge in [0.15, 0.2) is 0 Å². The van der Waals surface area contributed by atoms with Gasteiger partial charge in [-0.25, -0.2) is 22.5 Å². The summed E-state index contributed by atoms with van der Waals surface area (Å²) in [6.45, 7) is 1.64. The normalized spacial score (nSPS) is 11.7. The summed E-state index contributed by atoms with van der Waals surface area (Å²) >= 11 is 3.02. The maximum absolute atomic E-state index is 12.9. The Hall–Kier alpha value is -1.25.